The van der Waals surface area contributed by atoms with Crippen LogP contribution in [0.15, 0.2) is 168 Å². The average molecular weight is 539 g/mol. The van der Waals surface area contributed by atoms with E-state index < -0.39 is 0 Å². The second-order valence-corrected chi connectivity index (χ2v) is 12.3. The Balaban J connectivity index is 1.16. The van der Waals surface area contributed by atoms with E-state index in [9.17, 15) is 0 Å². The molecule has 2 unspecified atom stereocenters. The molecule has 0 spiro atoms. The molecule has 4 aromatic carbocycles. The van der Waals surface area contributed by atoms with Crippen LogP contribution in [0.25, 0.3) is 42.4 Å². The molecule has 5 aromatic rings. The molecule has 1 heteroatoms. The summed E-state index contributed by atoms with van der Waals surface area (Å²) in [5.41, 5.74) is 13.5. The van der Waals surface area contributed by atoms with Crippen LogP contribution in [-0.2, 0) is 0 Å². The zero-order valence-corrected chi connectivity index (χ0v) is 23.2. The number of allylic oxidation sites excluding steroid dienone is 14. The van der Waals surface area contributed by atoms with Crippen LogP contribution in [0.2, 0.25) is 0 Å². The minimum atomic E-state index is 0.332. The molecule has 1 heterocycles. The second kappa shape index (κ2) is 8.89. The van der Waals surface area contributed by atoms with Gasteiger partial charge in [-0.25, -0.2) is 0 Å². The third-order valence-electron chi connectivity index (χ3n) is 9.14. The molecule has 0 N–H and O–H groups in total. The van der Waals surface area contributed by atoms with Crippen LogP contribution in [0.3, 0.4) is 0 Å². The summed E-state index contributed by atoms with van der Waals surface area (Å²) in [5.74, 6) is 0.667. The highest BCUT2D eigenvalue weighted by atomic mass is 32.1. The standard InChI is InChI=1S/C40H26S/c1-2-7-25(8-3-1)26-13-15-27(16-14-26)30-21-17-28-20-24-34-31(22-18-29-19-23-33(30)38(28)39(29)34)32-10-6-12-37-40(32)35-9-4-5-11-36(35)41-37/h1-24,38-39H. The van der Waals surface area contributed by atoms with E-state index in [1.54, 1.807) is 0 Å². The van der Waals surface area contributed by atoms with Crippen molar-refractivity contribution < 1.29 is 0 Å². The highest BCUT2D eigenvalue weighted by Gasteiger charge is 2.40. The average Bonchev–Trinajstić information content (AvgIpc) is 3.43. The Morgan fingerprint density at radius 1 is 0.488 bits per heavy atom. The maximum absolute atomic E-state index is 2.39. The lowest BCUT2D eigenvalue weighted by atomic mass is 9.61. The van der Waals surface area contributed by atoms with Crippen LogP contribution < -0.4 is 0 Å². The first kappa shape index (κ1) is 23.0. The Morgan fingerprint density at radius 3 is 2.10 bits per heavy atom. The Bertz CT molecular complexity index is 2120. The molecule has 1 aromatic heterocycles. The van der Waals surface area contributed by atoms with E-state index in [-0.39, 0.29) is 0 Å². The van der Waals surface area contributed by atoms with Crippen molar-refractivity contribution in [2.24, 2.45) is 11.8 Å². The predicted molar refractivity (Wildman–Crippen MR) is 176 cm³/mol. The molecule has 4 aliphatic rings. The van der Waals surface area contributed by atoms with E-state index in [1.165, 1.54) is 75.9 Å². The molecule has 0 saturated heterocycles. The second-order valence-electron chi connectivity index (χ2n) is 11.2. The first-order valence-electron chi connectivity index (χ1n) is 14.3. The lowest BCUT2D eigenvalue weighted by Crippen LogP contribution is -2.30. The number of thiophene rings is 1. The van der Waals surface area contributed by atoms with Gasteiger partial charge in [-0.2, -0.15) is 0 Å². The third kappa shape index (κ3) is 3.46. The van der Waals surface area contributed by atoms with Crippen molar-refractivity contribution in [1.82, 2.24) is 0 Å². The van der Waals surface area contributed by atoms with Crippen molar-refractivity contribution in [2.45, 2.75) is 0 Å². The minimum Gasteiger partial charge on any atom is -0.135 e. The van der Waals surface area contributed by atoms with E-state index in [4.69, 9.17) is 0 Å². The molecule has 0 aliphatic heterocycles. The number of fused-ring (bicyclic) bond motifs is 3. The molecule has 41 heavy (non-hydrogen) atoms. The highest BCUT2D eigenvalue weighted by molar-refractivity contribution is 7.25. The lowest BCUT2D eigenvalue weighted by molar-refractivity contribution is 0.569. The summed E-state index contributed by atoms with van der Waals surface area (Å²) >= 11 is 1.90. The summed E-state index contributed by atoms with van der Waals surface area (Å²) in [7, 11) is 0. The zero-order valence-electron chi connectivity index (χ0n) is 22.4. The van der Waals surface area contributed by atoms with Gasteiger partial charge in [0.15, 0.2) is 0 Å². The van der Waals surface area contributed by atoms with Gasteiger partial charge >= 0.3 is 0 Å². The van der Waals surface area contributed by atoms with Gasteiger partial charge in [0.25, 0.3) is 0 Å². The van der Waals surface area contributed by atoms with Crippen molar-refractivity contribution in [2.75, 3.05) is 0 Å². The van der Waals surface area contributed by atoms with Gasteiger partial charge in [0.1, 0.15) is 0 Å². The molecule has 0 amide bonds. The third-order valence-corrected chi connectivity index (χ3v) is 10.3. The molecule has 192 valence electrons. The molecule has 9 rings (SSSR count). The highest BCUT2D eigenvalue weighted by Crippen LogP contribution is 2.54. The topological polar surface area (TPSA) is 0 Å². The van der Waals surface area contributed by atoms with Gasteiger partial charge in [-0.1, -0.05) is 134 Å². The number of hydrogen-bond donors (Lipinski definition) is 0. The minimum absolute atomic E-state index is 0.332. The molecule has 2 atom stereocenters. The van der Waals surface area contributed by atoms with E-state index in [1.807, 2.05) is 11.3 Å². The quantitative estimate of drug-likeness (QED) is 0.214. The molecule has 0 fully saturated rings. The Morgan fingerprint density at radius 2 is 1.20 bits per heavy atom. The van der Waals surface area contributed by atoms with E-state index >= 15 is 0 Å². The Labute approximate surface area is 244 Å². The molecule has 4 aliphatic carbocycles. The number of hydrogen-bond acceptors (Lipinski definition) is 1. The zero-order chi connectivity index (χ0) is 26.9. The van der Waals surface area contributed by atoms with E-state index in [2.05, 4.69) is 146 Å². The van der Waals surface area contributed by atoms with Crippen molar-refractivity contribution in [3.05, 3.63) is 179 Å². The first-order chi connectivity index (χ1) is 20.3. The monoisotopic (exact) mass is 538 g/mol. The molecule has 0 saturated carbocycles. The summed E-state index contributed by atoms with van der Waals surface area (Å²) in [5, 5.41) is 2.74. The number of rotatable bonds is 3. The fourth-order valence-electron chi connectivity index (χ4n) is 7.25. The largest absolute Gasteiger partial charge is 0.135 e. The summed E-state index contributed by atoms with van der Waals surface area (Å²) in [4.78, 5) is 0. The molecular formula is C40H26S. The molecular weight excluding hydrogens is 513 g/mol. The van der Waals surface area contributed by atoms with Gasteiger partial charge in [0.05, 0.1) is 0 Å². The SMILES string of the molecule is C1=CC2=C(c3ccc(-c4ccccc4)cc3)C=CC3=CC=C4C(c5cccc6sc7ccccc7c56)=CC=C1C4C32. The maximum Gasteiger partial charge on any atom is 0.0361 e. The Kier molecular flexibility index (Phi) is 5.00. The predicted octanol–water partition coefficient (Wildman–Crippen LogP) is 10.7. The van der Waals surface area contributed by atoms with Crippen LogP contribution in [0.1, 0.15) is 11.1 Å². The Hall–Kier alpha value is -4.72. The summed E-state index contributed by atoms with van der Waals surface area (Å²) in [6.45, 7) is 0. The van der Waals surface area contributed by atoms with Crippen molar-refractivity contribution in [3.8, 4) is 11.1 Å². The van der Waals surface area contributed by atoms with Crippen molar-refractivity contribution >= 4 is 42.7 Å². The summed E-state index contributed by atoms with van der Waals surface area (Å²) < 4.78 is 2.71. The fraction of sp³-hybridized carbons (Fsp3) is 0.0500. The van der Waals surface area contributed by atoms with Gasteiger partial charge in [-0.05, 0) is 67.8 Å². The summed E-state index contributed by atoms with van der Waals surface area (Å²) in [6.07, 6.45) is 18.9. The van der Waals surface area contributed by atoms with Crippen LogP contribution in [0.4, 0.5) is 0 Å². The van der Waals surface area contributed by atoms with Crippen LogP contribution >= 0.6 is 11.3 Å². The molecule has 0 bridgehead atoms. The van der Waals surface area contributed by atoms with E-state index in [0.717, 1.165) is 0 Å². The van der Waals surface area contributed by atoms with Crippen molar-refractivity contribution in [3.63, 3.8) is 0 Å². The summed E-state index contributed by atoms with van der Waals surface area (Å²) in [6, 6.07) is 35.4. The van der Waals surface area contributed by atoms with E-state index in [0.29, 0.717) is 11.8 Å². The smallest absolute Gasteiger partial charge is 0.0361 e. The molecule has 0 nitrogen and oxygen atoms in total. The van der Waals surface area contributed by atoms with Gasteiger partial charge in [0, 0.05) is 32.0 Å². The maximum atomic E-state index is 2.39. The lowest BCUT2D eigenvalue weighted by Gasteiger charge is -2.42. The van der Waals surface area contributed by atoms with Gasteiger partial charge < -0.3 is 0 Å². The van der Waals surface area contributed by atoms with Crippen LogP contribution in [-0.4, -0.2) is 0 Å². The van der Waals surface area contributed by atoms with Gasteiger partial charge in [0.2, 0.25) is 0 Å². The number of benzene rings is 4. The first-order valence-corrected chi connectivity index (χ1v) is 15.2. The van der Waals surface area contributed by atoms with Gasteiger partial charge in [-0.15, -0.1) is 11.3 Å². The fourth-order valence-corrected chi connectivity index (χ4v) is 8.39. The van der Waals surface area contributed by atoms with Crippen LogP contribution in [0, 0.1) is 11.8 Å². The normalized spacial score (nSPS) is 20.5. The molecule has 0 radical (unpaired) electrons. The van der Waals surface area contributed by atoms with Crippen LogP contribution in [0.5, 0.6) is 0 Å². The van der Waals surface area contributed by atoms with Gasteiger partial charge in [-0.3, -0.25) is 0 Å². The van der Waals surface area contributed by atoms with Crippen molar-refractivity contribution in [1.29, 1.82) is 0 Å².